The number of hydrogen-bond acceptors (Lipinski definition) is 4. The third-order valence-electron chi connectivity index (χ3n) is 3.59. The largest absolute Gasteiger partial charge is 0.322 e. The number of aryl methyl sites for hydroxylation is 2. The maximum absolute atomic E-state index is 12.7. The van der Waals surface area contributed by atoms with Gasteiger partial charge >= 0.3 is 0 Å². The minimum atomic E-state index is -0.0979. The van der Waals surface area contributed by atoms with Gasteiger partial charge in [-0.05, 0) is 49.7 Å². The number of hydrogen-bond donors (Lipinski definition) is 1. The second-order valence-corrected chi connectivity index (χ2v) is 8.49. The SMILES string of the molecule is Cc1nc(CSc2ccccc2C(=O)Nc2ccc(Br)c(C)c2)cs1. The third-order valence-corrected chi connectivity index (χ3v) is 6.41. The van der Waals surface area contributed by atoms with Crippen molar-refractivity contribution < 1.29 is 4.79 Å². The van der Waals surface area contributed by atoms with Crippen LogP contribution in [0.4, 0.5) is 5.69 Å². The zero-order chi connectivity index (χ0) is 17.8. The number of halogens is 1. The summed E-state index contributed by atoms with van der Waals surface area (Å²) in [4.78, 5) is 18.1. The lowest BCUT2D eigenvalue weighted by atomic mass is 10.2. The van der Waals surface area contributed by atoms with E-state index in [0.29, 0.717) is 5.56 Å². The molecule has 1 heterocycles. The highest BCUT2D eigenvalue weighted by atomic mass is 79.9. The van der Waals surface area contributed by atoms with Crippen LogP contribution in [0.25, 0.3) is 0 Å². The van der Waals surface area contributed by atoms with Crippen LogP contribution in [0.1, 0.15) is 26.6 Å². The quantitative estimate of drug-likeness (QED) is 0.497. The zero-order valence-electron chi connectivity index (χ0n) is 13.9. The number of nitrogens with one attached hydrogen (secondary N) is 1. The second kappa shape index (κ2) is 8.17. The summed E-state index contributed by atoms with van der Waals surface area (Å²) in [6.45, 7) is 4.00. The lowest BCUT2D eigenvalue weighted by molar-refractivity contribution is 0.102. The Balaban J connectivity index is 1.74. The number of aromatic nitrogens is 1. The molecule has 0 aliphatic carbocycles. The van der Waals surface area contributed by atoms with Crippen molar-refractivity contribution in [1.82, 2.24) is 4.98 Å². The average molecular weight is 433 g/mol. The number of nitrogens with zero attached hydrogens (tertiary/aromatic N) is 1. The van der Waals surface area contributed by atoms with Gasteiger partial charge in [-0.1, -0.05) is 28.1 Å². The minimum Gasteiger partial charge on any atom is -0.322 e. The molecule has 3 nitrogen and oxygen atoms in total. The Morgan fingerprint density at radius 1 is 1.24 bits per heavy atom. The van der Waals surface area contributed by atoms with Crippen molar-refractivity contribution in [3.05, 3.63) is 74.1 Å². The Morgan fingerprint density at radius 2 is 2.04 bits per heavy atom. The standard InChI is InChI=1S/C19H17BrN2OS2/c1-12-9-14(7-8-17(12)20)22-19(23)16-5-3-4-6-18(16)25-11-15-10-24-13(2)21-15/h3-10H,11H2,1-2H3,(H,22,23). The molecule has 0 spiro atoms. The second-order valence-electron chi connectivity index (χ2n) is 5.56. The number of benzene rings is 2. The molecule has 25 heavy (non-hydrogen) atoms. The van der Waals surface area contributed by atoms with Crippen molar-refractivity contribution in [3.8, 4) is 0 Å². The number of carbonyl (C=O) groups is 1. The minimum absolute atomic E-state index is 0.0979. The van der Waals surface area contributed by atoms with E-state index in [1.54, 1.807) is 23.1 Å². The normalized spacial score (nSPS) is 10.7. The Labute approximate surface area is 164 Å². The predicted molar refractivity (Wildman–Crippen MR) is 110 cm³/mol. The molecule has 0 saturated carbocycles. The van der Waals surface area contributed by atoms with Gasteiger partial charge in [-0.3, -0.25) is 4.79 Å². The first-order valence-electron chi connectivity index (χ1n) is 7.73. The molecule has 0 atom stereocenters. The summed E-state index contributed by atoms with van der Waals surface area (Å²) in [5, 5.41) is 6.11. The van der Waals surface area contributed by atoms with Gasteiger partial charge in [-0.15, -0.1) is 23.1 Å². The van der Waals surface area contributed by atoms with Gasteiger partial charge in [0.1, 0.15) is 0 Å². The summed E-state index contributed by atoms with van der Waals surface area (Å²) in [5.41, 5.74) is 3.60. The maximum atomic E-state index is 12.7. The molecule has 0 aliphatic rings. The van der Waals surface area contributed by atoms with E-state index in [-0.39, 0.29) is 5.91 Å². The summed E-state index contributed by atoms with van der Waals surface area (Å²) in [6, 6.07) is 13.5. The molecule has 0 fully saturated rings. The molecule has 3 rings (SSSR count). The summed E-state index contributed by atoms with van der Waals surface area (Å²) < 4.78 is 1.03. The van der Waals surface area contributed by atoms with Gasteiger partial charge in [0.2, 0.25) is 0 Å². The first kappa shape index (κ1) is 18.2. The van der Waals surface area contributed by atoms with Gasteiger partial charge < -0.3 is 5.32 Å². The predicted octanol–water partition coefficient (Wildman–Crippen LogP) is 6.07. The fourth-order valence-electron chi connectivity index (χ4n) is 2.33. The molecular formula is C19H17BrN2OS2. The van der Waals surface area contributed by atoms with Crippen molar-refractivity contribution in [2.75, 3.05) is 5.32 Å². The summed E-state index contributed by atoms with van der Waals surface area (Å²) in [6.07, 6.45) is 0. The average Bonchev–Trinajstić information content (AvgIpc) is 3.02. The highest BCUT2D eigenvalue weighted by Gasteiger charge is 2.12. The van der Waals surface area contributed by atoms with E-state index in [0.717, 1.165) is 37.1 Å². The number of carbonyl (C=O) groups excluding carboxylic acids is 1. The summed E-state index contributed by atoms with van der Waals surface area (Å²) in [7, 11) is 0. The smallest absolute Gasteiger partial charge is 0.256 e. The van der Waals surface area contributed by atoms with Crippen LogP contribution in [0.2, 0.25) is 0 Å². The van der Waals surface area contributed by atoms with Crippen LogP contribution >= 0.6 is 39.0 Å². The molecule has 0 aliphatic heterocycles. The van der Waals surface area contributed by atoms with Crippen LogP contribution in [0, 0.1) is 13.8 Å². The van der Waals surface area contributed by atoms with E-state index in [4.69, 9.17) is 0 Å². The molecule has 0 saturated heterocycles. The molecular weight excluding hydrogens is 416 g/mol. The van der Waals surface area contributed by atoms with Gasteiger partial charge in [0, 0.05) is 26.2 Å². The lowest BCUT2D eigenvalue weighted by Crippen LogP contribution is -2.13. The van der Waals surface area contributed by atoms with E-state index in [9.17, 15) is 4.79 Å². The fourth-order valence-corrected chi connectivity index (χ4v) is 4.23. The van der Waals surface area contributed by atoms with Crippen molar-refractivity contribution in [2.24, 2.45) is 0 Å². The number of thioether (sulfide) groups is 1. The van der Waals surface area contributed by atoms with Crippen LogP contribution in [-0.2, 0) is 5.75 Å². The van der Waals surface area contributed by atoms with Gasteiger partial charge in [0.05, 0.1) is 16.3 Å². The molecule has 0 bridgehead atoms. The first-order chi connectivity index (χ1) is 12.0. The van der Waals surface area contributed by atoms with E-state index in [1.165, 1.54) is 0 Å². The third kappa shape index (κ3) is 4.71. The Kier molecular flexibility index (Phi) is 5.93. The van der Waals surface area contributed by atoms with E-state index >= 15 is 0 Å². The molecule has 0 unspecified atom stereocenters. The molecule has 1 N–H and O–H groups in total. The summed E-state index contributed by atoms with van der Waals surface area (Å²) >= 11 is 6.76. The Bertz CT molecular complexity index is 908. The topological polar surface area (TPSA) is 42.0 Å². The van der Waals surface area contributed by atoms with Crippen LogP contribution in [-0.4, -0.2) is 10.9 Å². The highest BCUT2D eigenvalue weighted by molar-refractivity contribution is 9.10. The zero-order valence-corrected chi connectivity index (χ0v) is 17.1. The van der Waals surface area contributed by atoms with Gasteiger partial charge in [-0.2, -0.15) is 0 Å². The van der Waals surface area contributed by atoms with Crippen LogP contribution in [0.15, 0.2) is 57.2 Å². The Hall–Kier alpha value is -1.63. The van der Waals surface area contributed by atoms with Crippen LogP contribution in [0.3, 0.4) is 0 Å². The monoisotopic (exact) mass is 432 g/mol. The maximum Gasteiger partial charge on any atom is 0.256 e. The Morgan fingerprint density at radius 3 is 2.76 bits per heavy atom. The number of thiazole rings is 1. The van der Waals surface area contributed by atoms with E-state index in [2.05, 4.69) is 31.6 Å². The number of anilines is 1. The fraction of sp³-hybridized carbons (Fsp3) is 0.158. The molecule has 0 radical (unpaired) electrons. The molecule has 6 heteroatoms. The van der Waals surface area contributed by atoms with Crippen molar-refractivity contribution in [3.63, 3.8) is 0 Å². The molecule has 1 amide bonds. The first-order valence-corrected chi connectivity index (χ1v) is 10.4. The highest BCUT2D eigenvalue weighted by Crippen LogP contribution is 2.28. The van der Waals surface area contributed by atoms with Gasteiger partial charge in [0.15, 0.2) is 0 Å². The summed E-state index contributed by atoms with van der Waals surface area (Å²) in [5.74, 6) is 0.658. The lowest BCUT2D eigenvalue weighted by Gasteiger charge is -2.10. The molecule has 2 aromatic carbocycles. The molecule has 128 valence electrons. The molecule has 1 aromatic heterocycles. The molecule has 3 aromatic rings. The van der Waals surface area contributed by atoms with Crippen molar-refractivity contribution in [2.45, 2.75) is 24.5 Å². The van der Waals surface area contributed by atoms with Crippen molar-refractivity contribution >= 4 is 50.6 Å². The van der Waals surface area contributed by atoms with Crippen molar-refractivity contribution in [1.29, 1.82) is 0 Å². The van der Waals surface area contributed by atoms with E-state index < -0.39 is 0 Å². The van der Waals surface area contributed by atoms with Gasteiger partial charge in [0.25, 0.3) is 5.91 Å². The van der Waals surface area contributed by atoms with Crippen LogP contribution < -0.4 is 5.32 Å². The van der Waals surface area contributed by atoms with Crippen LogP contribution in [0.5, 0.6) is 0 Å². The van der Waals surface area contributed by atoms with Gasteiger partial charge in [-0.25, -0.2) is 4.98 Å². The number of rotatable bonds is 5. The number of amides is 1. The van der Waals surface area contributed by atoms with E-state index in [1.807, 2.05) is 56.3 Å².